The summed E-state index contributed by atoms with van der Waals surface area (Å²) < 4.78 is 6.45. The summed E-state index contributed by atoms with van der Waals surface area (Å²) >= 11 is 0. The summed E-state index contributed by atoms with van der Waals surface area (Å²) in [4.78, 5) is 2.46. The molecule has 0 fully saturated rings. The van der Waals surface area contributed by atoms with Crippen LogP contribution in [0.2, 0.25) is 0 Å². The molecule has 0 spiro atoms. The first kappa shape index (κ1) is 34.8. The lowest BCUT2D eigenvalue weighted by atomic mass is 9.79. The van der Waals surface area contributed by atoms with Crippen LogP contribution in [0.3, 0.4) is 0 Å². The second kappa shape index (κ2) is 12.7. The minimum absolute atomic E-state index is 0.102. The molecule has 0 saturated heterocycles. The molecule has 2 aliphatic rings. The Morgan fingerprint density at radius 1 is 0.367 bits per heavy atom. The first-order valence-corrected chi connectivity index (χ1v) is 21.1. The predicted molar refractivity (Wildman–Crippen MR) is 252 cm³/mol. The lowest BCUT2D eigenvalue weighted by Gasteiger charge is -2.30. The molecular formula is C58H43NO. The van der Waals surface area contributed by atoms with Crippen molar-refractivity contribution >= 4 is 49.8 Å². The zero-order valence-corrected chi connectivity index (χ0v) is 34.3. The van der Waals surface area contributed by atoms with Crippen molar-refractivity contribution in [2.24, 2.45) is 0 Å². The van der Waals surface area contributed by atoms with Gasteiger partial charge in [-0.2, -0.15) is 0 Å². The van der Waals surface area contributed by atoms with Crippen LogP contribution in [-0.2, 0) is 10.8 Å². The molecule has 1 heterocycles. The monoisotopic (exact) mass is 769 g/mol. The lowest BCUT2D eigenvalue weighted by Crippen LogP contribution is -2.17. The minimum atomic E-state index is -0.132. The van der Waals surface area contributed by atoms with E-state index < -0.39 is 0 Å². The van der Waals surface area contributed by atoms with Crippen molar-refractivity contribution in [3.8, 4) is 44.5 Å². The van der Waals surface area contributed by atoms with E-state index in [1.54, 1.807) is 0 Å². The lowest BCUT2D eigenvalue weighted by molar-refractivity contribution is 0.660. The summed E-state index contributed by atoms with van der Waals surface area (Å²) in [6.45, 7) is 9.46. The maximum atomic E-state index is 6.45. The highest BCUT2D eigenvalue weighted by molar-refractivity contribution is 6.11. The Hall–Kier alpha value is -7.16. The van der Waals surface area contributed by atoms with Gasteiger partial charge in [-0.25, -0.2) is 0 Å². The molecule has 10 aromatic rings. The van der Waals surface area contributed by atoms with E-state index in [1.807, 2.05) is 0 Å². The average molecular weight is 770 g/mol. The van der Waals surface area contributed by atoms with Crippen LogP contribution in [0.4, 0.5) is 17.1 Å². The van der Waals surface area contributed by atoms with Crippen molar-refractivity contribution in [2.75, 3.05) is 4.90 Å². The zero-order valence-electron chi connectivity index (χ0n) is 34.3. The normalized spacial score (nSPS) is 14.3. The van der Waals surface area contributed by atoms with Gasteiger partial charge in [-0.05, 0) is 127 Å². The Morgan fingerprint density at radius 3 is 1.72 bits per heavy atom. The second-order valence-electron chi connectivity index (χ2n) is 17.7. The van der Waals surface area contributed by atoms with Gasteiger partial charge < -0.3 is 9.32 Å². The fourth-order valence-electron chi connectivity index (χ4n) is 10.7. The first-order valence-electron chi connectivity index (χ1n) is 21.1. The maximum absolute atomic E-state index is 6.45. The van der Waals surface area contributed by atoms with Gasteiger partial charge >= 0.3 is 0 Å². The Morgan fingerprint density at radius 2 is 0.933 bits per heavy atom. The van der Waals surface area contributed by atoms with Crippen molar-refractivity contribution in [1.82, 2.24) is 0 Å². The van der Waals surface area contributed by atoms with E-state index in [1.165, 1.54) is 66.4 Å². The van der Waals surface area contributed by atoms with Gasteiger partial charge in [0.2, 0.25) is 0 Å². The molecule has 0 radical (unpaired) electrons. The van der Waals surface area contributed by atoms with Crippen LogP contribution in [0.15, 0.2) is 192 Å². The molecule has 2 aliphatic carbocycles. The summed E-state index contributed by atoms with van der Waals surface area (Å²) in [7, 11) is 0. The van der Waals surface area contributed by atoms with Crippen molar-refractivity contribution < 1.29 is 4.42 Å². The molecule has 0 atom stereocenters. The van der Waals surface area contributed by atoms with Crippen molar-refractivity contribution in [1.29, 1.82) is 0 Å². The predicted octanol–water partition coefficient (Wildman–Crippen LogP) is 16.2. The quantitative estimate of drug-likeness (QED) is 0.173. The van der Waals surface area contributed by atoms with Crippen LogP contribution in [-0.4, -0.2) is 0 Å². The van der Waals surface area contributed by atoms with E-state index in [2.05, 4.69) is 221 Å². The molecule has 9 aromatic carbocycles. The van der Waals surface area contributed by atoms with Crippen molar-refractivity contribution in [2.45, 2.75) is 38.5 Å². The maximum Gasteiger partial charge on any atom is 0.136 e. The Labute approximate surface area is 351 Å². The molecule has 12 rings (SSSR count). The molecule has 2 nitrogen and oxygen atoms in total. The standard InChI is InChI=1S/C58H43NO/c1-57(2)50-21-10-7-17-44(50)46-30-29-41(35-52(46)57)59(40-27-24-36(25-28-40)43-19-13-20-47-45-18-8-11-22-51(45)58(3,4)56(43)47)53-23-12-9-16-42(53)39-26-31-54-48(33-39)49-32-37-14-5-6-15-38(37)34-55(49)60-54/h5-35H,1-4H3. The van der Waals surface area contributed by atoms with Gasteiger partial charge in [0.25, 0.3) is 0 Å². The Kier molecular flexibility index (Phi) is 7.36. The minimum Gasteiger partial charge on any atom is -0.456 e. The van der Waals surface area contributed by atoms with Crippen molar-refractivity contribution in [3.05, 3.63) is 210 Å². The van der Waals surface area contributed by atoms with Crippen LogP contribution in [0.5, 0.6) is 0 Å². The number of anilines is 3. The molecule has 2 heteroatoms. The topological polar surface area (TPSA) is 16.4 Å². The summed E-state index contributed by atoms with van der Waals surface area (Å²) in [5.41, 5.74) is 20.6. The van der Waals surface area contributed by atoms with E-state index in [-0.39, 0.29) is 10.8 Å². The van der Waals surface area contributed by atoms with Crippen LogP contribution < -0.4 is 4.90 Å². The number of furan rings is 1. The highest BCUT2D eigenvalue weighted by Gasteiger charge is 2.38. The Bertz CT molecular complexity index is 3380. The molecule has 0 bridgehead atoms. The SMILES string of the molecule is CC1(C)c2ccccc2-c2ccc(N(c3ccc(-c4cccc5c4C(C)(C)c4ccccc4-5)cc3)c3ccccc3-c3ccc4oc5cc6ccccc6cc5c4c3)cc21. The average Bonchev–Trinajstić information content (AvgIpc) is 3.84. The molecule has 0 unspecified atom stereocenters. The second-order valence-corrected chi connectivity index (χ2v) is 17.7. The van der Waals surface area contributed by atoms with Gasteiger partial charge in [-0.3, -0.25) is 0 Å². The van der Waals surface area contributed by atoms with Gasteiger partial charge in [0.15, 0.2) is 0 Å². The summed E-state index contributed by atoms with van der Waals surface area (Å²) in [5, 5.41) is 4.65. The highest BCUT2D eigenvalue weighted by Crippen LogP contribution is 2.54. The van der Waals surface area contributed by atoms with E-state index in [0.717, 1.165) is 50.1 Å². The number of hydrogen-bond acceptors (Lipinski definition) is 2. The largest absolute Gasteiger partial charge is 0.456 e. The smallest absolute Gasteiger partial charge is 0.136 e. The fourth-order valence-corrected chi connectivity index (χ4v) is 10.7. The van der Waals surface area contributed by atoms with Crippen LogP contribution >= 0.6 is 0 Å². The summed E-state index contributed by atoms with van der Waals surface area (Å²) in [6, 6.07) is 69.4. The number of rotatable bonds is 5. The number of fused-ring (bicyclic) bond motifs is 10. The number of para-hydroxylation sites is 1. The third-order valence-electron chi connectivity index (χ3n) is 13.6. The third-order valence-corrected chi connectivity index (χ3v) is 13.6. The zero-order chi connectivity index (χ0) is 40.3. The Balaban J connectivity index is 1.03. The molecule has 1 aromatic heterocycles. The molecular weight excluding hydrogens is 727 g/mol. The van der Waals surface area contributed by atoms with Crippen LogP contribution in [0.1, 0.15) is 49.9 Å². The van der Waals surface area contributed by atoms with E-state index in [0.29, 0.717) is 0 Å². The van der Waals surface area contributed by atoms with Gasteiger partial charge in [0.05, 0.1) is 5.69 Å². The van der Waals surface area contributed by atoms with E-state index in [4.69, 9.17) is 4.42 Å². The van der Waals surface area contributed by atoms with Crippen molar-refractivity contribution in [3.63, 3.8) is 0 Å². The van der Waals surface area contributed by atoms with Gasteiger partial charge in [0, 0.05) is 38.5 Å². The highest BCUT2D eigenvalue weighted by atomic mass is 16.3. The van der Waals surface area contributed by atoms with Gasteiger partial charge in [-0.1, -0.05) is 161 Å². The summed E-state index contributed by atoms with van der Waals surface area (Å²) in [5.74, 6) is 0. The van der Waals surface area contributed by atoms with Gasteiger partial charge in [0.1, 0.15) is 11.2 Å². The van der Waals surface area contributed by atoms with Crippen LogP contribution in [0, 0.1) is 0 Å². The number of hydrogen-bond donors (Lipinski definition) is 0. The molecule has 60 heavy (non-hydrogen) atoms. The van der Waals surface area contributed by atoms with Gasteiger partial charge in [-0.15, -0.1) is 0 Å². The first-order chi connectivity index (χ1) is 29.3. The summed E-state index contributed by atoms with van der Waals surface area (Å²) in [6.07, 6.45) is 0. The van der Waals surface area contributed by atoms with E-state index >= 15 is 0 Å². The number of benzene rings is 9. The molecule has 286 valence electrons. The van der Waals surface area contributed by atoms with Crippen LogP contribution in [0.25, 0.3) is 77.2 Å². The van der Waals surface area contributed by atoms with E-state index in [9.17, 15) is 0 Å². The molecule has 0 N–H and O–H groups in total. The third kappa shape index (κ3) is 5.01. The molecule has 0 aliphatic heterocycles. The molecule has 0 amide bonds. The fraction of sp³-hybridized carbons (Fsp3) is 0.103. The number of nitrogens with zero attached hydrogens (tertiary/aromatic N) is 1. The molecule has 0 saturated carbocycles.